The number of nitrogens with one attached hydrogen (secondary N) is 1. The van der Waals surface area contributed by atoms with E-state index >= 15 is 0 Å². The molecule has 2 aromatic carbocycles. The number of hydrogen-bond donors (Lipinski definition) is 1. The van der Waals surface area contributed by atoms with Gasteiger partial charge in [0.05, 0.1) is 22.2 Å². The predicted molar refractivity (Wildman–Crippen MR) is 94.5 cm³/mol. The molecule has 0 aliphatic rings. The Labute approximate surface area is 157 Å². The molecule has 0 aliphatic carbocycles. The van der Waals surface area contributed by atoms with Crippen molar-refractivity contribution >= 4 is 28.6 Å². The van der Waals surface area contributed by atoms with Gasteiger partial charge < -0.3 is 10.1 Å². The van der Waals surface area contributed by atoms with Crippen LogP contribution in [0, 0.1) is 0 Å². The van der Waals surface area contributed by atoms with Gasteiger partial charge in [-0.1, -0.05) is 6.07 Å². The number of anilines is 1. The number of aromatic nitrogens is 2. The molecule has 0 radical (unpaired) electrons. The number of alkyl halides is 3. The normalized spacial score (nSPS) is 12.4. The first-order valence-corrected chi connectivity index (χ1v) is 8.14. The molecule has 1 aromatic heterocycles. The lowest BCUT2D eigenvalue weighted by Gasteiger charge is -2.14. The van der Waals surface area contributed by atoms with E-state index in [0.717, 1.165) is 12.1 Å². The second-order valence-corrected chi connectivity index (χ2v) is 5.88. The zero-order valence-electron chi connectivity index (χ0n) is 14.5. The fraction of sp³-hybridized carbons (Fsp3) is 0.158. The lowest BCUT2D eigenvalue weighted by atomic mass is 10.2. The number of carbonyl (C=O) groups excluding carboxylic acids is 2. The van der Waals surface area contributed by atoms with Gasteiger partial charge in [0.25, 0.3) is 5.91 Å². The Kier molecular flexibility index (Phi) is 5.25. The monoisotopic (exact) mass is 389 g/mol. The van der Waals surface area contributed by atoms with Crippen LogP contribution < -0.4 is 5.32 Å². The average Bonchev–Trinajstić information content (AvgIpc) is 2.67. The smallest absolute Gasteiger partial charge is 0.416 e. The summed E-state index contributed by atoms with van der Waals surface area (Å²) in [5, 5.41) is 2.30. The largest absolute Gasteiger partial charge is 0.449 e. The van der Waals surface area contributed by atoms with E-state index in [9.17, 15) is 22.8 Å². The predicted octanol–water partition coefficient (Wildman–Crippen LogP) is 3.83. The second-order valence-electron chi connectivity index (χ2n) is 5.88. The third kappa shape index (κ3) is 4.43. The first-order chi connectivity index (χ1) is 13.2. The number of nitrogens with zero attached hydrogens (tertiary/aromatic N) is 2. The minimum Gasteiger partial charge on any atom is -0.449 e. The van der Waals surface area contributed by atoms with Crippen LogP contribution in [-0.4, -0.2) is 27.9 Å². The number of ether oxygens (including phenoxy) is 1. The van der Waals surface area contributed by atoms with Gasteiger partial charge in [0, 0.05) is 18.1 Å². The summed E-state index contributed by atoms with van der Waals surface area (Å²) in [5.41, 5.74) is 0.301. The van der Waals surface area contributed by atoms with Crippen LogP contribution in [-0.2, 0) is 15.7 Å². The van der Waals surface area contributed by atoms with E-state index in [2.05, 4.69) is 15.3 Å². The van der Waals surface area contributed by atoms with Crippen LogP contribution in [0.2, 0.25) is 0 Å². The van der Waals surface area contributed by atoms with E-state index < -0.39 is 29.7 Å². The molecule has 0 spiro atoms. The molecule has 3 rings (SSSR count). The number of fused-ring (bicyclic) bond motifs is 1. The van der Waals surface area contributed by atoms with E-state index in [-0.39, 0.29) is 11.3 Å². The Morgan fingerprint density at radius 3 is 2.46 bits per heavy atom. The lowest BCUT2D eigenvalue weighted by Crippen LogP contribution is -2.30. The van der Waals surface area contributed by atoms with Crippen molar-refractivity contribution in [1.82, 2.24) is 9.97 Å². The summed E-state index contributed by atoms with van der Waals surface area (Å²) in [6.07, 6.45) is -2.76. The molecular weight excluding hydrogens is 375 g/mol. The summed E-state index contributed by atoms with van der Waals surface area (Å²) in [7, 11) is 0. The van der Waals surface area contributed by atoms with Crippen LogP contribution in [0.5, 0.6) is 0 Å². The standard InChI is InChI=1S/C19H14F3N3O3/c1-11(17(26)25-14-4-2-3-13(10-14)19(20,21)22)28-18(27)12-5-6-15-16(9-12)24-8-7-23-15/h2-11H,1H3,(H,25,26)/t11-/m1/s1. The van der Waals surface area contributed by atoms with Gasteiger partial charge in [-0.2, -0.15) is 13.2 Å². The molecule has 0 aliphatic heterocycles. The summed E-state index contributed by atoms with van der Waals surface area (Å²) in [6.45, 7) is 1.32. The highest BCUT2D eigenvalue weighted by atomic mass is 19.4. The van der Waals surface area contributed by atoms with Crippen molar-refractivity contribution in [2.45, 2.75) is 19.2 Å². The fourth-order valence-corrected chi connectivity index (χ4v) is 2.39. The summed E-state index contributed by atoms with van der Waals surface area (Å²) < 4.78 is 43.3. The van der Waals surface area contributed by atoms with Gasteiger partial charge in [-0.05, 0) is 43.3 Å². The Morgan fingerprint density at radius 1 is 1.04 bits per heavy atom. The minimum atomic E-state index is -4.53. The number of benzene rings is 2. The maximum Gasteiger partial charge on any atom is 0.416 e. The van der Waals surface area contributed by atoms with Crippen molar-refractivity contribution < 1.29 is 27.5 Å². The number of amides is 1. The Balaban J connectivity index is 1.67. The zero-order chi connectivity index (χ0) is 20.3. The summed E-state index contributed by atoms with van der Waals surface area (Å²) in [5.74, 6) is -1.52. The third-order valence-electron chi connectivity index (χ3n) is 3.82. The molecule has 1 amide bonds. The molecule has 0 saturated carbocycles. The SMILES string of the molecule is C[C@@H](OC(=O)c1ccc2nccnc2c1)C(=O)Nc1cccc(C(F)(F)F)c1. The number of carbonyl (C=O) groups is 2. The lowest BCUT2D eigenvalue weighted by molar-refractivity contribution is -0.137. The van der Waals surface area contributed by atoms with Crippen LogP contribution >= 0.6 is 0 Å². The van der Waals surface area contributed by atoms with Crippen LogP contribution in [0.3, 0.4) is 0 Å². The van der Waals surface area contributed by atoms with Gasteiger partial charge in [-0.3, -0.25) is 14.8 Å². The highest BCUT2D eigenvalue weighted by Gasteiger charge is 2.30. The molecule has 1 N–H and O–H groups in total. The van der Waals surface area contributed by atoms with Crippen molar-refractivity contribution in [3.63, 3.8) is 0 Å². The molecule has 9 heteroatoms. The quantitative estimate of drug-likeness (QED) is 0.686. The number of rotatable bonds is 4. The molecule has 1 atom stereocenters. The first kappa shape index (κ1) is 19.3. The molecule has 0 fully saturated rings. The van der Waals surface area contributed by atoms with Crippen molar-refractivity contribution in [2.24, 2.45) is 0 Å². The third-order valence-corrected chi connectivity index (χ3v) is 3.82. The Bertz CT molecular complexity index is 1040. The van der Waals surface area contributed by atoms with E-state index in [1.54, 1.807) is 6.07 Å². The molecule has 6 nitrogen and oxygen atoms in total. The minimum absolute atomic E-state index is 0.0521. The maximum atomic E-state index is 12.7. The Morgan fingerprint density at radius 2 is 1.75 bits per heavy atom. The van der Waals surface area contributed by atoms with Crippen LogP contribution in [0.25, 0.3) is 11.0 Å². The first-order valence-electron chi connectivity index (χ1n) is 8.14. The van der Waals surface area contributed by atoms with Crippen molar-refractivity contribution in [1.29, 1.82) is 0 Å². The van der Waals surface area contributed by atoms with Gasteiger partial charge in [-0.15, -0.1) is 0 Å². The molecule has 1 heterocycles. The summed E-state index contributed by atoms with van der Waals surface area (Å²) in [6, 6.07) is 8.72. The molecule has 3 aromatic rings. The molecule has 0 saturated heterocycles. The molecular formula is C19H14F3N3O3. The number of esters is 1. The molecule has 0 bridgehead atoms. The van der Waals surface area contributed by atoms with Crippen LogP contribution in [0.15, 0.2) is 54.9 Å². The maximum absolute atomic E-state index is 12.7. The van der Waals surface area contributed by atoms with Crippen LogP contribution in [0.4, 0.5) is 18.9 Å². The molecule has 0 unspecified atom stereocenters. The average molecular weight is 389 g/mol. The van der Waals surface area contributed by atoms with Gasteiger partial charge in [-0.25, -0.2) is 4.79 Å². The second kappa shape index (κ2) is 7.63. The van der Waals surface area contributed by atoms with Crippen molar-refractivity contribution in [3.8, 4) is 0 Å². The van der Waals surface area contributed by atoms with Gasteiger partial charge in [0.2, 0.25) is 0 Å². The molecule has 28 heavy (non-hydrogen) atoms. The highest BCUT2D eigenvalue weighted by Crippen LogP contribution is 2.30. The molecule has 144 valence electrons. The zero-order valence-corrected chi connectivity index (χ0v) is 14.5. The topological polar surface area (TPSA) is 81.2 Å². The summed E-state index contributed by atoms with van der Waals surface area (Å²) >= 11 is 0. The van der Waals surface area contributed by atoms with Gasteiger partial charge in [0.1, 0.15) is 0 Å². The van der Waals surface area contributed by atoms with E-state index in [1.807, 2.05) is 0 Å². The number of hydrogen-bond acceptors (Lipinski definition) is 5. The van der Waals surface area contributed by atoms with Gasteiger partial charge in [0.15, 0.2) is 6.10 Å². The van der Waals surface area contributed by atoms with Crippen LogP contribution in [0.1, 0.15) is 22.8 Å². The van der Waals surface area contributed by atoms with Crippen molar-refractivity contribution in [2.75, 3.05) is 5.32 Å². The van der Waals surface area contributed by atoms with Crippen molar-refractivity contribution in [3.05, 3.63) is 66.0 Å². The summed E-state index contributed by atoms with van der Waals surface area (Å²) in [4.78, 5) is 32.6. The van der Waals surface area contributed by atoms with E-state index in [4.69, 9.17) is 4.74 Å². The van der Waals surface area contributed by atoms with Gasteiger partial charge >= 0.3 is 12.1 Å². The fourth-order valence-electron chi connectivity index (χ4n) is 2.39. The Hall–Kier alpha value is -3.49. The van der Waals surface area contributed by atoms with E-state index in [1.165, 1.54) is 43.6 Å². The van der Waals surface area contributed by atoms with E-state index in [0.29, 0.717) is 11.0 Å². The highest BCUT2D eigenvalue weighted by molar-refractivity contribution is 5.98. The number of halogens is 3.